The summed E-state index contributed by atoms with van der Waals surface area (Å²) in [6, 6.07) is 4.78. The molecule has 0 aliphatic heterocycles. The van der Waals surface area contributed by atoms with E-state index in [9.17, 15) is 14.0 Å². The van der Waals surface area contributed by atoms with E-state index in [1.807, 2.05) is 18.2 Å². The number of ether oxygens (including phenoxy) is 2. The number of aromatic nitrogens is 4. The quantitative estimate of drug-likeness (QED) is 0.494. The smallest absolute Gasteiger partial charge is 0.273 e. The van der Waals surface area contributed by atoms with Gasteiger partial charge in [0.15, 0.2) is 11.6 Å². The van der Waals surface area contributed by atoms with E-state index >= 15 is 0 Å². The van der Waals surface area contributed by atoms with Crippen LogP contribution in [0.3, 0.4) is 0 Å². The van der Waals surface area contributed by atoms with Gasteiger partial charge in [-0.1, -0.05) is 30.4 Å². The molecule has 36 heavy (non-hydrogen) atoms. The average Bonchev–Trinajstić information content (AvgIpc) is 3.28. The molecule has 1 aromatic carbocycles. The zero-order chi connectivity index (χ0) is 25.5. The molecule has 10 heteroatoms. The molecule has 1 aliphatic rings. The fraction of sp³-hybridized carbons (Fsp3) is 0.231. The molecule has 0 unspecified atom stereocenters. The van der Waals surface area contributed by atoms with Gasteiger partial charge < -0.3 is 14.8 Å². The summed E-state index contributed by atoms with van der Waals surface area (Å²) in [6.45, 7) is 0.613. The molecule has 0 atom stereocenters. The Morgan fingerprint density at radius 3 is 2.86 bits per heavy atom. The van der Waals surface area contributed by atoms with Crippen LogP contribution in [0.15, 0.2) is 77.2 Å². The lowest BCUT2D eigenvalue weighted by Crippen LogP contribution is -2.24. The summed E-state index contributed by atoms with van der Waals surface area (Å²) in [7, 11) is 2.92. The first-order chi connectivity index (χ1) is 17.5. The predicted octanol–water partition coefficient (Wildman–Crippen LogP) is 3.09. The number of methoxy groups -OCH3 is 2. The summed E-state index contributed by atoms with van der Waals surface area (Å²) in [5, 5.41) is 7.25. The molecule has 1 amide bonds. The average molecular weight is 492 g/mol. The highest BCUT2D eigenvalue weighted by atomic mass is 19.1. The molecular formula is C26H26FN5O4. The zero-order valence-electron chi connectivity index (χ0n) is 20.0. The number of nitrogens with one attached hydrogen (secondary N) is 1. The fourth-order valence-electron chi connectivity index (χ4n) is 3.74. The Hall–Kier alpha value is -4.31. The van der Waals surface area contributed by atoms with Crippen molar-refractivity contribution in [2.24, 2.45) is 0 Å². The van der Waals surface area contributed by atoms with Gasteiger partial charge in [0, 0.05) is 44.0 Å². The maximum atomic E-state index is 14.4. The van der Waals surface area contributed by atoms with Gasteiger partial charge in [0.1, 0.15) is 5.69 Å². The number of rotatable bonds is 9. The van der Waals surface area contributed by atoms with E-state index < -0.39 is 5.82 Å². The number of hydrogen-bond donors (Lipinski definition) is 1. The molecule has 186 valence electrons. The second-order valence-electron chi connectivity index (χ2n) is 8.08. The van der Waals surface area contributed by atoms with Crippen molar-refractivity contribution in [2.45, 2.75) is 26.1 Å². The van der Waals surface area contributed by atoms with Crippen LogP contribution < -0.4 is 15.6 Å². The second kappa shape index (κ2) is 11.4. The molecule has 1 N–H and O–H groups in total. The predicted molar refractivity (Wildman–Crippen MR) is 132 cm³/mol. The van der Waals surface area contributed by atoms with Gasteiger partial charge in [-0.2, -0.15) is 5.10 Å². The summed E-state index contributed by atoms with van der Waals surface area (Å²) in [5.41, 5.74) is 2.94. The fourth-order valence-corrected chi connectivity index (χ4v) is 3.74. The highest BCUT2D eigenvalue weighted by molar-refractivity contribution is 5.95. The summed E-state index contributed by atoms with van der Waals surface area (Å²) in [4.78, 5) is 28.5. The zero-order valence-corrected chi connectivity index (χ0v) is 20.0. The highest BCUT2D eigenvalue weighted by Crippen LogP contribution is 2.21. The summed E-state index contributed by atoms with van der Waals surface area (Å²) < 4.78 is 27.8. The number of carbonyl (C=O) groups excluding carboxylic acids is 1. The molecule has 9 nitrogen and oxygen atoms in total. The van der Waals surface area contributed by atoms with Crippen LogP contribution in [-0.4, -0.2) is 39.5 Å². The van der Waals surface area contributed by atoms with Crippen LogP contribution in [0.5, 0.6) is 5.75 Å². The van der Waals surface area contributed by atoms with Crippen LogP contribution in [0, 0.1) is 5.82 Å². The maximum Gasteiger partial charge on any atom is 0.273 e. The molecule has 0 spiro atoms. The van der Waals surface area contributed by atoms with E-state index in [1.165, 1.54) is 31.0 Å². The monoisotopic (exact) mass is 491 g/mol. The lowest BCUT2D eigenvalue weighted by molar-refractivity contribution is 0.0945. The van der Waals surface area contributed by atoms with Gasteiger partial charge in [-0.05, 0) is 23.6 Å². The lowest BCUT2D eigenvalue weighted by Gasteiger charge is -2.10. The van der Waals surface area contributed by atoms with Crippen molar-refractivity contribution in [3.63, 3.8) is 0 Å². The molecule has 3 aromatic rings. The minimum absolute atomic E-state index is 0.00301. The first-order valence-corrected chi connectivity index (χ1v) is 11.2. The number of hydrogen-bond acceptors (Lipinski definition) is 6. The normalized spacial score (nSPS) is 14.1. The number of allylic oxidation sites excluding steroid dienone is 5. The summed E-state index contributed by atoms with van der Waals surface area (Å²) >= 11 is 0. The molecule has 0 fully saturated rings. The van der Waals surface area contributed by atoms with Crippen molar-refractivity contribution >= 4 is 12.1 Å². The SMILES string of the molecule is COCc1nn(CC2=CCC(=Cn3ccncc3=O)C=C2)cc1C(=O)NCc1cccc(OC)c1F. The van der Waals surface area contributed by atoms with Crippen molar-refractivity contribution in [2.75, 3.05) is 14.2 Å². The highest BCUT2D eigenvalue weighted by Gasteiger charge is 2.18. The summed E-state index contributed by atoms with van der Waals surface area (Å²) in [6.07, 6.45) is 14.4. The van der Waals surface area contributed by atoms with Crippen molar-refractivity contribution < 1.29 is 18.7 Å². The molecule has 0 radical (unpaired) electrons. The van der Waals surface area contributed by atoms with E-state index in [0.29, 0.717) is 29.8 Å². The van der Waals surface area contributed by atoms with Gasteiger partial charge in [0.05, 0.1) is 32.0 Å². The standard InChI is InChI=1S/C26H26FN5O4/c1-35-17-22-21(26(34)29-12-20-4-3-5-23(36-2)25(20)27)16-32(30-22)15-19-8-6-18(7-9-19)14-31-11-10-28-13-24(31)33/h3-6,8-11,13-14,16H,7,12,15,17H2,1-2H3,(H,29,34). The molecule has 0 saturated carbocycles. The van der Waals surface area contributed by atoms with Crippen LogP contribution in [0.1, 0.15) is 28.0 Å². The Balaban J connectivity index is 1.44. The van der Waals surface area contributed by atoms with E-state index in [-0.39, 0.29) is 30.4 Å². The van der Waals surface area contributed by atoms with Crippen LogP contribution >= 0.6 is 0 Å². The van der Waals surface area contributed by atoms with Crippen LogP contribution in [0.4, 0.5) is 4.39 Å². The second-order valence-corrected chi connectivity index (χ2v) is 8.08. The first kappa shape index (κ1) is 24.8. The van der Waals surface area contributed by atoms with Crippen molar-refractivity contribution in [3.8, 4) is 5.75 Å². The van der Waals surface area contributed by atoms with Crippen molar-refractivity contribution in [3.05, 3.63) is 105 Å². The Bertz CT molecular complexity index is 1400. The third-order valence-corrected chi connectivity index (χ3v) is 5.58. The number of amides is 1. The Morgan fingerprint density at radius 1 is 1.28 bits per heavy atom. The Labute approximate surface area is 207 Å². The third-order valence-electron chi connectivity index (χ3n) is 5.58. The van der Waals surface area contributed by atoms with Crippen molar-refractivity contribution in [1.82, 2.24) is 24.6 Å². The van der Waals surface area contributed by atoms with Gasteiger partial charge in [-0.3, -0.25) is 23.8 Å². The summed E-state index contributed by atoms with van der Waals surface area (Å²) in [5.74, 6) is -0.766. The van der Waals surface area contributed by atoms with E-state index in [1.54, 1.807) is 41.6 Å². The van der Waals surface area contributed by atoms with Gasteiger partial charge in [-0.25, -0.2) is 4.39 Å². The number of carbonyl (C=O) groups is 1. The van der Waals surface area contributed by atoms with Crippen LogP contribution in [-0.2, 0) is 24.4 Å². The first-order valence-electron chi connectivity index (χ1n) is 11.2. The third kappa shape index (κ3) is 5.84. The van der Waals surface area contributed by atoms with Gasteiger partial charge in [0.2, 0.25) is 0 Å². The minimum Gasteiger partial charge on any atom is -0.494 e. The molecule has 1 aliphatic carbocycles. The van der Waals surface area contributed by atoms with E-state index in [0.717, 1.165) is 11.1 Å². The minimum atomic E-state index is -0.508. The molecule has 4 rings (SSSR count). The topological polar surface area (TPSA) is 100 Å². The lowest BCUT2D eigenvalue weighted by atomic mass is 10.0. The number of nitrogens with zero attached hydrogens (tertiary/aromatic N) is 4. The maximum absolute atomic E-state index is 14.4. The van der Waals surface area contributed by atoms with Gasteiger partial charge >= 0.3 is 0 Å². The van der Waals surface area contributed by atoms with Crippen LogP contribution in [0.2, 0.25) is 0 Å². The number of halogens is 1. The Kier molecular flexibility index (Phi) is 7.86. The Morgan fingerprint density at radius 2 is 2.14 bits per heavy atom. The molecule has 2 aromatic heterocycles. The number of benzene rings is 1. The molecule has 0 saturated heterocycles. The van der Waals surface area contributed by atoms with Crippen molar-refractivity contribution in [1.29, 1.82) is 0 Å². The van der Waals surface area contributed by atoms with Gasteiger partial charge in [0.25, 0.3) is 11.5 Å². The van der Waals surface area contributed by atoms with Crippen LogP contribution in [0.25, 0.3) is 6.20 Å². The van der Waals surface area contributed by atoms with E-state index in [2.05, 4.69) is 15.4 Å². The largest absolute Gasteiger partial charge is 0.494 e. The molecule has 2 heterocycles. The van der Waals surface area contributed by atoms with Gasteiger partial charge in [-0.15, -0.1) is 0 Å². The molecular weight excluding hydrogens is 465 g/mol. The molecule has 0 bridgehead atoms. The van der Waals surface area contributed by atoms with E-state index in [4.69, 9.17) is 9.47 Å².